The van der Waals surface area contributed by atoms with Crippen molar-refractivity contribution in [2.75, 3.05) is 42.9 Å². The van der Waals surface area contributed by atoms with Gasteiger partial charge in [-0.3, -0.25) is 14.3 Å². The van der Waals surface area contributed by atoms with Crippen LogP contribution in [0.5, 0.6) is 0 Å². The van der Waals surface area contributed by atoms with Crippen LogP contribution in [0.25, 0.3) is 11.0 Å². The summed E-state index contributed by atoms with van der Waals surface area (Å²) in [6, 6.07) is 5.26. The highest BCUT2D eigenvalue weighted by molar-refractivity contribution is 6.35. The molecule has 1 atom stereocenters. The fraction of sp³-hybridized carbons (Fsp3) is 0.480. The first-order valence-electron chi connectivity index (χ1n) is 12.5. The van der Waals surface area contributed by atoms with Crippen molar-refractivity contribution in [3.8, 4) is 0 Å². The van der Waals surface area contributed by atoms with Gasteiger partial charge in [-0.15, -0.1) is 0 Å². The van der Waals surface area contributed by atoms with E-state index in [-0.39, 0.29) is 24.4 Å². The van der Waals surface area contributed by atoms with E-state index in [0.29, 0.717) is 59.9 Å². The van der Waals surface area contributed by atoms with Gasteiger partial charge in [-0.1, -0.05) is 42.6 Å². The van der Waals surface area contributed by atoms with Crippen molar-refractivity contribution in [1.29, 1.82) is 0 Å². The molecular weight excluding hydrogens is 515 g/mol. The Bertz CT molecular complexity index is 1270. The van der Waals surface area contributed by atoms with Gasteiger partial charge in [-0.2, -0.15) is 10.1 Å². The van der Waals surface area contributed by atoms with Crippen LogP contribution in [-0.4, -0.2) is 69.2 Å². The van der Waals surface area contributed by atoms with E-state index in [1.54, 1.807) is 21.7 Å². The van der Waals surface area contributed by atoms with Gasteiger partial charge in [-0.05, 0) is 31.0 Å². The molecule has 37 heavy (non-hydrogen) atoms. The number of anilines is 2. The SMILES string of the molecule is CCCCC(=O)NCC(=O)N1CCN(c2nc(N[C@H](C)c3ccc(Cl)cc3Cl)c3nn(C)cc3n2)CC1. The van der Waals surface area contributed by atoms with E-state index < -0.39 is 0 Å². The molecule has 0 spiro atoms. The maximum atomic E-state index is 12.6. The molecule has 12 heteroatoms. The number of hydrogen-bond donors (Lipinski definition) is 2. The third kappa shape index (κ3) is 6.61. The molecule has 2 N–H and O–H groups in total. The number of amides is 2. The lowest BCUT2D eigenvalue weighted by atomic mass is 10.1. The zero-order valence-electron chi connectivity index (χ0n) is 21.3. The molecule has 0 aliphatic carbocycles. The quantitative estimate of drug-likeness (QED) is 0.420. The molecule has 1 saturated heterocycles. The van der Waals surface area contributed by atoms with Crippen LogP contribution in [-0.2, 0) is 16.6 Å². The Hall–Kier alpha value is -3.11. The molecule has 1 aliphatic rings. The maximum Gasteiger partial charge on any atom is 0.242 e. The minimum atomic E-state index is -0.153. The Labute approximate surface area is 226 Å². The van der Waals surface area contributed by atoms with E-state index in [1.807, 2.05) is 33.2 Å². The topological polar surface area (TPSA) is 108 Å². The average Bonchev–Trinajstić information content (AvgIpc) is 3.26. The van der Waals surface area contributed by atoms with Crippen molar-refractivity contribution in [2.24, 2.45) is 7.05 Å². The monoisotopic (exact) mass is 546 g/mol. The standard InChI is InChI=1S/C25H32Cl2N8O2/c1-4-5-6-21(36)28-14-22(37)34-9-11-35(12-10-34)25-30-20-15-33(3)32-23(20)24(31-25)29-16(2)18-8-7-17(26)13-19(18)27/h7-8,13,15-16H,4-6,9-12,14H2,1-3H3,(H,28,36)(H,29,30,31)/t16-/m1/s1. The number of nitrogens with one attached hydrogen (secondary N) is 2. The number of halogens is 2. The predicted octanol–water partition coefficient (Wildman–Crippen LogP) is 3.80. The highest BCUT2D eigenvalue weighted by Crippen LogP contribution is 2.30. The molecule has 0 radical (unpaired) electrons. The van der Waals surface area contributed by atoms with Crippen molar-refractivity contribution in [3.05, 3.63) is 40.0 Å². The Morgan fingerprint density at radius 1 is 1.14 bits per heavy atom. The summed E-state index contributed by atoms with van der Waals surface area (Å²) in [6.45, 7) is 6.27. The average molecular weight is 547 g/mol. The van der Waals surface area contributed by atoms with Crippen molar-refractivity contribution in [3.63, 3.8) is 0 Å². The molecule has 10 nitrogen and oxygen atoms in total. The van der Waals surface area contributed by atoms with Gasteiger partial charge >= 0.3 is 0 Å². The number of carbonyl (C=O) groups excluding carboxylic acids is 2. The molecule has 1 fully saturated rings. The normalized spacial score (nSPS) is 14.6. The number of aryl methyl sites for hydroxylation is 1. The van der Waals surface area contributed by atoms with E-state index in [0.717, 1.165) is 23.9 Å². The van der Waals surface area contributed by atoms with Gasteiger partial charge in [0.2, 0.25) is 17.8 Å². The van der Waals surface area contributed by atoms with E-state index in [4.69, 9.17) is 33.2 Å². The van der Waals surface area contributed by atoms with E-state index in [2.05, 4.69) is 20.6 Å². The summed E-state index contributed by atoms with van der Waals surface area (Å²) in [4.78, 5) is 37.8. The van der Waals surface area contributed by atoms with Gasteiger partial charge < -0.3 is 20.4 Å². The number of carbonyl (C=O) groups is 2. The summed E-state index contributed by atoms with van der Waals surface area (Å²) in [6.07, 6.45) is 4.07. The third-order valence-corrected chi connectivity index (χ3v) is 6.92. The molecule has 4 rings (SSSR count). The van der Waals surface area contributed by atoms with E-state index >= 15 is 0 Å². The van der Waals surface area contributed by atoms with Crippen LogP contribution >= 0.6 is 23.2 Å². The zero-order valence-corrected chi connectivity index (χ0v) is 22.8. The maximum absolute atomic E-state index is 12.6. The number of benzene rings is 1. The molecular formula is C25H32Cl2N8O2. The number of nitrogens with zero attached hydrogens (tertiary/aromatic N) is 6. The second-order valence-electron chi connectivity index (χ2n) is 9.19. The van der Waals surface area contributed by atoms with Gasteiger partial charge in [0, 0.05) is 49.7 Å². The zero-order chi connectivity index (χ0) is 26.5. The number of fused-ring (bicyclic) bond motifs is 1. The van der Waals surface area contributed by atoms with Gasteiger partial charge in [0.1, 0.15) is 5.52 Å². The molecule has 3 aromatic rings. The van der Waals surface area contributed by atoms with Crippen LogP contribution < -0.4 is 15.5 Å². The first kappa shape index (κ1) is 26.9. The van der Waals surface area contributed by atoms with Gasteiger partial charge in [0.15, 0.2) is 11.3 Å². The summed E-state index contributed by atoms with van der Waals surface area (Å²) in [5.74, 6) is 1.01. The molecule has 2 aromatic heterocycles. The van der Waals surface area contributed by atoms with Crippen LogP contribution in [0.2, 0.25) is 10.0 Å². The fourth-order valence-electron chi connectivity index (χ4n) is 4.26. The van der Waals surface area contributed by atoms with Gasteiger partial charge in [0.05, 0.1) is 18.8 Å². The molecule has 198 valence electrons. The van der Waals surface area contributed by atoms with Gasteiger partial charge in [-0.25, -0.2) is 4.98 Å². The lowest BCUT2D eigenvalue weighted by Crippen LogP contribution is -2.51. The van der Waals surface area contributed by atoms with Crippen molar-refractivity contribution in [1.82, 2.24) is 30.0 Å². The summed E-state index contributed by atoms with van der Waals surface area (Å²) in [5.41, 5.74) is 2.28. The Balaban J connectivity index is 1.45. The molecule has 3 heterocycles. The van der Waals surface area contributed by atoms with Crippen LogP contribution in [0.15, 0.2) is 24.4 Å². The highest BCUT2D eigenvalue weighted by Gasteiger charge is 2.25. The largest absolute Gasteiger partial charge is 0.361 e. The Kier molecular flexibility index (Phi) is 8.71. The summed E-state index contributed by atoms with van der Waals surface area (Å²) >= 11 is 12.5. The third-order valence-electron chi connectivity index (χ3n) is 6.36. The predicted molar refractivity (Wildman–Crippen MR) is 146 cm³/mol. The Morgan fingerprint density at radius 3 is 2.59 bits per heavy atom. The Morgan fingerprint density at radius 2 is 1.89 bits per heavy atom. The van der Waals surface area contributed by atoms with Gasteiger partial charge in [0.25, 0.3) is 0 Å². The lowest BCUT2D eigenvalue weighted by molar-refractivity contribution is -0.133. The smallest absolute Gasteiger partial charge is 0.242 e. The second-order valence-corrected chi connectivity index (χ2v) is 10.0. The van der Waals surface area contributed by atoms with Crippen molar-refractivity contribution >= 4 is 57.8 Å². The molecule has 0 unspecified atom stereocenters. The first-order valence-corrected chi connectivity index (χ1v) is 13.2. The lowest BCUT2D eigenvalue weighted by Gasteiger charge is -2.35. The van der Waals surface area contributed by atoms with Crippen LogP contribution in [0, 0.1) is 0 Å². The molecule has 1 aromatic carbocycles. The second kappa shape index (κ2) is 12.0. The fourth-order valence-corrected chi connectivity index (χ4v) is 4.83. The summed E-state index contributed by atoms with van der Waals surface area (Å²) in [7, 11) is 1.84. The number of unbranched alkanes of at least 4 members (excludes halogenated alkanes) is 1. The number of piperazine rings is 1. The molecule has 2 amide bonds. The van der Waals surface area contributed by atoms with Crippen LogP contribution in [0.4, 0.5) is 11.8 Å². The summed E-state index contributed by atoms with van der Waals surface area (Å²) < 4.78 is 1.71. The van der Waals surface area contributed by atoms with Crippen LogP contribution in [0.1, 0.15) is 44.7 Å². The minimum Gasteiger partial charge on any atom is -0.361 e. The number of aromatic nitrogens is 4. The molecule has 0 saturated carbocycles. The number of hydrogen-bond acceptors (Lipinski definition) is 7. The van der Waals surface area contributed by atoms with Crippen molar-refractivity contribution < 1.29 is 9.59 Å². The summed E-state index contributed by atoms with van der Waals surface area (Å²) in [5, 5.41) is 11.8. The highest BCUT2D eigenvalue weighted by atomic mass is 35.5. The first-order chi connectivity index (χ1) is 17.7. The van der Waals surface area contributed by atoms with Crippen molar-refractivity contribution in [2.45, 2.75) is 39.2 Å². The minimum absolute atomic E-state index is 0.0277. The van der Waals surface area contributed by atoms with E-state index in [1.165, 1.54) is 0 Å². The molecule has 0 bridgehead atoms. The molecule has 1 aliphatic heterocycles. The number of rotatable bonds is 9. The van der Waals surface area contributed by atoms with Crippen LogP contribution in [0.3, 0.4) is 0 Å². The van der Waals surface area contributed by atoms with E-state index in [9.17, 15) is 9.59 Å².